The van der Waals surface area contributed by atoms with E-state index in [2.05, 4.69) is 4.76 Å². The third kappa shape index (κ3) is 12.8. The fraction of sp³-hybridized carbons (Fsp3) is 0.862. The van der Waals surface area contributed by atoms with Crippen molar-refractivity contribution in [3.63, 3.8) is 0 Å². The van der Waals surface area contributed by atoms with Crippen LogP contribution >= 0.6 is 7.75 Å². The number of nitrogens with two attached hydrogens (primary N) is 1. The Bertz CT molecular complexity index is 945. The third-order valence-corrected chi connectivity index (χ3v) is 8.92. The van der Waals surface area contributed by atoms with Crippen molar-refractivity contribution in [1.29, 1.82) is 0 Å². The summed E-state index contributed by atoms with van der Waals surface area (Å²) in [6, 6.07) is -1.08. The molecule has 44 heavy (non-hydrogen) atoms. The van der Waals surface area contributed by atoms with Gasteiger partial charge < -0.3 is 34.7 Å². The van der Waals surface area contributed by atoms with Crippen LogP contribution in [0, 0.1) is 11.8 Å². The second-order valence-electron chi connectivity index (χ2n) is 12.1. The molecule has 0 aliphatic heterocycles. The summed E-state index contributed by atoms with van der Waals surface area (Å²) < 4.78 is 51.5. The lowest BCUT2D eigenvalue weighted by atomic mass is 9.98. The Balaban J connectivity index is 2.33. The van der Waals surface area contributed by atoms with Gasteiger partial charge in [0.25, 0.3) is 0 Å². The Morgan fingerprint density at radius 1 is 0.841 bits per heavy atom. The molecule has 2 saturated carbocycles. The second kappa shape index (κ2) is 18.4. The third-order valence-electron chi connectivity index (χ3n) is 7.52. The molecule has 0 amide bonds. The fourth-order valence-electron chi connectivity index (χ4n) is 4.89. The summed E-state index contributed by atoms with van der Waals surface area (Å²) in [6.07, 6.45) is 3.93. The lowest BCUT2D eigenvalue weighted by Gasteiger charge is -2.30. The molecule has 0 aromatic carbocycles. The molecule has 2 rings (SSSR count). The van der Waals surface area contributed by atoms with Gasteiger partial charge in [0.05, 0.1) is 0 Å². The van der Waals surface area contributed by atoms with Crippen molar-refractivity contribution in [3.8, 4) is 0 Å². The van der Waals surface area contributed by atoms with Gasteiger partial charge in [-0.15, -0.1) is 4.76 Å². The molecule has 0 aromatic heterocycles. The molecule has 0 heterocycles. The van der Waals surface area contributed by atoms with Gasteiger partial charge in [0.1, 0.15) is 18.2 Å². The Morgan fingerprint density at radius 3 is 1.59 bits per heavy atom. The van der Waals surface area contributed by atoms with Crippen molar-refractivity contribution in [2.24, 2.45) is 22.3 Å². The van der Waals surface area contributed by atoms with Gasteiger partial charge in [0.15, 0.2) is 0 Å². The highest BCUT2D eigenvalue weighted by molar-refractivity contribution is 7.52. The van der Waals surface area contributed by atoms with Gasteiger partial charge in [-0.2, -0.15) is 0 Å². The number of aliphatic carboxylic acids is 1. The normalized spacial score (nSPS) is 20.3. The average molecular weight is 650 g/mol. The van der Waals surface area contributed by atoms with Gasteiger partial charge >= 0.3 is 26.0 Å². The molecule has 0 spiro atoms. The smallest absolute Gasteiger partial charge is 0.480 e. The zero-order valence-electron chi connectivity index (χ0n) is 27.0. The summed E-state index contributed by atoms with van der Waals surface area (Å²) in [4.78, 5) is 38.4. The van der Waals surface area contributed by atoms with E-state index in [4.69, 9.17) is 33.7 Å². The van der Waals surface area contributed by atoms with Gasteiger partial charge in [0.2, 0.25) is 18.5 Å². The summed E-state index contributed by atoms with van der Waals surface area (Å²) >= 11 is 0. The Morgan fingerprint density at radius 2 is 1.25 bits per heavy atom. The van der Waals surface area contributed by atoms with E-state index >= 15 is 0 Å². The van der Waals surface area contributed by atoms with E-state index < -0.39 is 62.4 Å². The molecule has 0 saturated heterocycles. The lowest BCUT2D eigenvalue weighted by molar-refractivity contribution is -0.141. The van der Waals surface area contributed by atoms with Gasteiger partial charge in [-0.1, -0.05) is 53.9 Å². The van der Waals surface area contributed by atoms with Crippen LogP contribution in [0.5, 0.6) is 0 Å². The lowest BCUT2D eigenvalue weighted by Crippen LogP contribution is -2.46. The first-order chi connectivity index (χ1) is 20.7. The topological polar surface area (TPSA) is 186 Å². The monoisotopic (exact) mass is 649 g/mol. The van der Waals surface area contributed by atoms with Crippen LogP contribution in [0.15, 0.2) is 4.76 Å². The quantitative estimate of drug-likeness (QED) is 0.0639. The van der Waals surface area contributed by atoms with Crippen molar-refractivity contribution in [2.75, 3.05) is 7.05 Å². The van der Waals surface area contributed by atoms with Crippen LogP contribution in [0.4, 0.5) is 9.59 Å². The molecule has 14 nitrogen and oxygen atoms in total. The molecule has 15 heteroatoms. The van der Waals surface area contributed by atoms with Gasteiger partial charge in [0, 0.05) is 18.9 Å². The van der Waals surface area contributed by atoms with Gasteiger partial charge in [-0.05, 0) is 57.8 Å². The van der Waals surface area contributed by atoms with E-state index in [-0.39, 0.29) is 18.6 Å². The number of rotatable bonds is 15. The predicted octanol–water partition coefficient (Wildman–Crippen LogP) is 6.56. The number of likely N-dealkylation sites (N-methyl/N-ethyl adjacent to an activating group) is 1. The summed E-state index contributed by atoms with van der Waals surface area (Å²) in [7, 11) is -3.39. The number of hydrogen-bond donors (Lipinski definition) is 2. The average Bonchev–Trinajstić information content (AvgIpc) is 2.95. The second-order valence-corrected chi connectivity index (χ2v) is 13.7. The number of hydrogen-bond acceptors (Lipinski definition) is 10. The molecular formula is C29H52N3O11P. The first-order valence-electron chi connectivity index (χ1n) is 15.8. The van der Waals surface area contributed by atoms with Crippen molar-refractivity contribution in [1.82, 2.24) is 4.90 Å². The summed E-state index contributed by atoms with van der Waals surface area (Å²) in [5.74, 6) is -2.73. The number of carboxylic acids is 1. The first kappa shape index (κ1) is 37.6. The summed E-state index contributed by atoms with van der Waals surface area (Å²) in [5, 5.41) is 9.70. The van der Waals surface area contributed by atoms with Crippen molar-refractivity contribution in [3.05, 3.63) is 0 Å². The molecule has 3 atom stereocenters. The van der Waals surface area contributed by atoms with E-state index in [1.54, 1.807) is 27.7 Å². The Labute approximate surface area is 260 Å². The number of carboxylic acid groups (broad SMARTS) is 1. The first-order valence-corrected chi connectivity index (χ1v) is 17.3. The number of ether oxygens (including phenoxy) is 4. The highest BCUT2D eigenvalue weighted by Gasteiger charge is 2.40. The van der Waals surface area contributed by atoms with E-state index in [1.807, 2.05) is 6.92 Å². The molecule has 0 radical (unpaired) electrons. The van der Waals surface area contributed by atoms with E-state index in [1.165, 1.54) is 7.05 Å². The van der Waals surface area contributed by atoms with Crippen molar-refractivity contribution < 1.29 is 52.1 Å². The SMILES string of the molecule is CCCC(C(=O)O)N(C)C(N)=NP(=O)(OC(OC(=O)OC1CCCCC1)C(C)C)OC(OC(=O)OC1CCCCC1)C(C)C. The molecule has 254 valence electrons. The Hall–Kier alpha value is -2.57. The van der Waals surface area contributed by atoms with Crippen LogP contribution in [-0.2, 0) is 37.4 Å². The largest absolute Gasteiger partial charge is 0.510 e. The zero-order chi connectivity index (χ0) is 32.9. The van der Waals surface area contributed by atoms with E-state index in [9.17, 15) is 24.1 Å². The molecule has 2 aliphatic rings. The maximum absolute atomic E-state index is 14.3. The van der Waals surface area contributed by atoms with Gasteiger partial charge in [-0.3, -0.25) is 0 Å². The molecular weight excluding hydrogens is 597 g/mol. The predicted molar refractivity (Wildman–Crippen MR) is 162 cm³/mol. The number of carbonyl (C=O) groups excluding carboxylic acids is 2. The highest BCUT2D eigenvalue weighted by atomic mass is 31.2. The van der Waals surface area contributed by atoms with Crippen molar-refractivity contribution >= 4 is 32.0 Å². The fourth-order valence-corrected chi connectivity index (χ4v) is 6.52. The maximum atomic E-state index is 14.3. The highest BCUT2D eigenvalue weighted by Crippen LogP contribution is 2.54. The zero-order valence-corrected chi connectivity index (χ0v) is 27.9. The number of nitrogens with zero attached hydrogens (tertiary/aromatic N) is 2. The molecule has 2 aliphatic carbocycles. The molecule has 2 fully saturated rings. The molecule has 0 aromatic rings. The minimum atomic E-state index is -4.77. The number of guanidine groups is 1. The van der Waals surface area contributed by atoms with E-state index in [0.717, 1.165) is 43.4 Å². The Kier molecular flexibility index (Phi) is 15.7. The summed E-state index contributed by atoms with van der Waals surface area (Å²) in [5.41, 5.74) is 6.14. The molecule has 3 unspecified atom stereocenters. The minimum Gasteiger partial charge on any atom is -0.480 e. The standard InChI is InChI=1S/C29H52N3O11P/c1-7-14-23(24(33)34)32(6)27(30)31-44(37,42-25(19(2)3)40-28(35)38-21-15-10-8-11-16-21)43-26(20(4)5)41-29(36)39-22-17-12-9-13-18-22/h19-23,25-26H,7-18H2,1-6H3,(H,33,34)(H2,30,31,37). The van der Waals surface area contributed by atoms with Crippen molar-refractivity contribution in [2.45, 2.75) is 142 Å². The van der Waals surface area contributed by atoms with Crippen LogP contribution in [0.1, 0.15) is 112 Å². The minimum absolute atomic E-state index is 0.226. The van der Waals surface area contributed by atoms with Crippen LogP contribution in [0.3, 0.4) is 0 Å². The van der Waals surface area contributed by atoms with E-state index in [0.29, 0.717) is 32.1 Å². The number of carbonyl (C=O) groups is 3. The van der Waals surface area contributed by atoms with Crippen LogP contribution < -0.4 is 5.73 Å². The molecule has 3 N–H and O–H groups in total. The van der Waals surface area contributed by atoms with Crippen LogP contribution in [-0.4, -0.2) is 72.1 Å². The molecule has 0 bridgehead atoms. The van der Waals surface area contributed by atoms with Crippen LogP contribution in [0.2, 0.25) is 0 Å². The van der Waals surface area contributed by atoms with Crippen LogP contribution in [0.25, 0.3) is 0 Å². The maximum Gasteiger partial charge on any atom is 0.510 e. The van der Waals surface area contributed by atoms with Gasteiger partial charge in [-0.25, -0.2) is 28.0 Å². The summed E-state index contributed by atoms with van der Waals surface area (Å²) in [6.45, 7) is 8.43.